The highest BCUT2D eigenvalue weighted by Gasteiger charge is 2.33. The van der Waals surface area contributed by atoms with E-state index in [1.54, 1.807) is 0 Å². The van der Waals surface area contributed by atoms with Crippen LogP contribution in [0.2, 0.25) is 0 Å². The normalized spacial score (nSPS) is 11.2. The molecule has 128 valence electrons. The summed E-state index contributed by atoms with van der Waals surface area (Å²) >= 11 is 0. The molecule has 0 atom stereocenters. The number of anilines is 2. The predicted molar refractivity (Wildman–Crippen MR) is 85.0 cm³/mol. The molecule has 1 N–H and O–H groups in total. The molecular weight excluding hydrogens is 321 g/mol. The van der Waals surface area contributed by atoms with Crippen LogP contribution in [-0.4, -0.2) is 29.0 Å². The number of nitrogens with one attached hydrogen (secondary N) is 1. The summed E-state index contributed by atoms with van der Waals surface area (Å²) in [5.41, 5.74) is -1.21. The number of para-hydroxylation sites is 1. The quantitative estimate of drug-likeness (QED) is 0.905. The van der Waals surface area contributed by atoms with Gasteiger partial charge in [0.05, 0.1) is 11.3 Å². The molecule has 0 radical (unpaired) electrons. The summed E-state index contributed by atoms with van der Waals surface area (Å²) in [5.74, 6) is -0.174. The molecule has 0 unspecified atom stereocenters. The van der Waals surface area contributed by atoms with Crippen LogP contribution in [0.5, 0.6) is 0 Å². The van der Waals surface area contributed by atoms with Crippen LogP contribution in [0, 0.1) is 0 Å². The Balaban J connectivity index is 2.27. The van der Waals surface area contributed by atoms with E-state index in [1.165, 1.54) is 30.6 Å². The van der Waals surface area contributed by atoms with Gasteiger partial charge in [-0.15, -0.1) is 0 Å². The van der Waals surface area contributed by atoms with Crippen molar-refractivity contribution in [3.63, 3.8) is 0 Å². The highest BCUT2D eigenvalue weighted by Crippen LogP contribution is 2.34. The van der Waals surface area contributed by atoms with E-state index in [0.717, 1.165) is 6.07 Å². The first-order valence-corrected chi connectivity index (χ1v) is 7.41. The molecular formula is C16H17F3N4O. The number of alkyl halides is 3. The molecule has 0 aliphatic rings. The first kappa shape index (κ1) is 17.7. The van der Waals surface area contributed by atoms with Crippen LogP contribution in [0.4, 0.5) is 24.7 Å². The van der Waals surface area contributed by atoms with Crippen molar-refractivity contribution in [1.29, 1.82) is 0 Å². The topological polar surface area (TPSA) is 58.1 Å². The standard InChI is InChI=1S/C16H17F3N4O/c1-3-23(4-2)14-9-13(20-10-21-14)15(24)22-12-8-6-5-7-11(12)16(17,18)19/h5-10H,3-4H2,1-2H3,(H,22,24). The van der Waals surface area contributed by atoms with Crippen molar-refractivity contribution < 1.29 is 18.0 Å². The van der Waals surface area contributed by atoms with E-state index in [1.807, 2.05) is 18.7 Å². The molecule has 0 aliphatic heterocycles. The molecule has 1 aromatic carbocycles. The molecule has 1 amide bonds. The highest BCUT2D eigenvalue weighted by molar-refractivity contribution is 6.03. The summed E-state index contributed by atoms with van der Waals surface area (Å²) in [7, 11) is 0. The number of aromatic nitrogens is 2. The smallest absolute Gasteiger partial charge is 0.357 e. The molecule has 0 spiro atoms. The van der Waals surface area contributed by atoms with Gasteiger partial charge in [-0.05, 0) is 26.0 Å². The van der Waals surface area contributed by atoms with E-state index in [2.05, 4.69) is 15.3 Å². The van der Waals surface area contributed by atoms with Crippen LogP contribution in [-0.2, 0) is 6.18 Å². The van der Waals surface area contributed by atoms with Gasteiger partial charge in [0.25, 0.3) is 5.91 Å². The number of amides is 1. The first-order valence-electron chi connectivity index (χ1n) is 7.41. The van der Waals surface area contributed by atoms with Gasteiger partial charge in [0, 0.05) is 19.2 Å². The van der Waals surface area contributed by atoms with Crippen LogP contribution in [0.15, 0.2) is 36.7 Å². The Bertz CT molecular complexity index is 714. The molecule has 5 nitrogen and oxygen atoms in total. The van der Waals surface area contributed by atoms with Gasteiger partial charge < -0.3 is 10.2 Å². The van der Waals surface area contributed by atoms with E-state index in [4.69, 9.17) is 0 Å². The zero-order valence-corrected chi connectivity index (χ0v) is 13.3. The molecule has 0 saturated heterocycles. The van der Waals surface area contributed by atoms with Crippen molar-refractivity contribution in [2.75, 3.05) is 23.3 Å². The van der Waals surface area contributed by atoms with Crippen molar-refractivity contribution in [3.8, 4) is 0 Å². The zero-order chi connectivity index (χ0) is 17.7. The molecule has 2 aromatic rings. The average molecular weight is 338 g/mol. The summed E-state index contributed by atoms with van der Waals surface area (Å²) in [6.07, 6.45) is -3.33. The zero-order valence-electron chi connectivity index (χ0n) is 13.3. The number of carbonyl (C=O) groups excluding carboxylic acids is 1. The van der Waals surface area contributed by atoms with E-state index < -0.39 is 17.6 Å². The lowest BCUT2D eigenvalue weighted by atomic mass is 10.1. The first-order chi connectivity index (χ1) is 11.4. The molecule has 0 saturated carbocycles. The number of rotatable bonds is 5. The summed E-state index contributed by atoms with van der Waals surface area (Å²) < 4.78 is 38.9. The third-order valence-corrected chi connectivity index (χ3v) is 3.45. The Labute approximate surface area is 137 Å². The second-order valence-electron chi connectivity index (χ2n) is 4.93. The maximum absolute atomic E-state index is 13.0. The lowest BCUT2D eigenvalue weighted by molar-refractivity contribution is -0.136. The van der Waals surface area contributed by atoms with Crippen LogP contribution < -0.4 is 10.2 Å². The van der Waals surface area contributed by atoms with E-state index in [0.29, 0.717) is 18.9 Å². The molecule has 0 bridgehead atoms. The maximum atomic E-state index is 13.0. The predicted octanol–water partition coefficient (Wildman–Crippen LogP) is 3.59. The van der Waals surface area contributed by atoms with Gasteiger partial charge in [0.2, 0.25) is 0 Å². The number of nitrogens with zero attached hydrogens (tertiary/aromatic N) is 3. The molecule has 0 aliphatic carbocycles. The van der Waals surface area contributed by atoms with Gasteiger partial charge in [-0.1, -0.05) is 12.1 Å². The van der Waals surface area contributed by atoms with Gasteiger partial charge in [-0.3, -0.25) is 4.79 Å². The molecule has 1 heterocycles. The third-order valence-electron chi connectivity index (χ3n) is 3.45. The van der Waals surface area contributed by atoms with E-state index >= 15 is 0 Å². The Morgan fingerprint density at radius 1 is 1.17 bits per heavy atom. The van der Waals surface area contributed by atoms with Crippen molar-refractivity contribution in [1.82, 2.24) is 9.97 Å². The second kappa shape index (κ2) is 7.29. The van der Waals surface area contributed by atoms with Crippen LogP contribution >= 0.6 is 0 Å². The fourth-order valence-corrected chi connectivity index (χ4v) is 2.22. The minimum absolute atomic E-state index is 0.00359. The second-order valence-corrected chi connectivity index (χ2v) is 4.93. The number of hydrogen-bond donors (Lipinski definition) is 1. The number of hydrogen-bond acceptors (Lipinski definition) is 4. The Morgan fingerprint density at radius 2 is 1.83 bits per heavy atom. The largest absolute Gasteiger partial charge is 0.418 e. The van der Waals surface area contributed by atoms with Gasteiger partial charge in [0.1, 0.15) is 17.8 Å². The third kappa shape index (κ3) is 4.01. The minimum atomic E-state index is -4.55. The van der Waals surface area contributed by atoms with Gasteiger partial charge in [-0.25, -0.2) is 9.97 Å². The number of carbonyl (C=O) groups is 1. The lowest BCUT2D eigenvalue weighted by Crippen LogP contribution is -2.24. The summed E-state index contributed by atoms with van der Waals surface area (Å²) in [6.45, 7) is 5.24. The van der Waals surface area contributed by atoms with Crippen molar-refractivity contribution >= 4 is 17.4 Å². The fraction of sp³-hybridized carbons (Fsp3) is 0.312. The maximum Gasteiger partial charge on any atom is 0.418 e. The molecule has 1 aromatic heterocycles. The highest BCUT2D eigenvalue weighted by atomic mass is 19.4. The lowest BCUT2D eigenvalue weighted by Gasteiger charge is -2.19. The van der Waals surface area contributed by atoms with Crippen LogP contribution in [0.3, 0.4) is 0 Å². The molecule has 24 heavy (non-hydrogen) atoms. The van der Waals surface area contributed by atoms with Crippen molar-refractivity contribution in [2.45, 2.75) is 20.0 Å². The summed E-state index contributed by atoms with van der Waals surface area (Å²) in [6, 6.07) is 6.26. The van der Waals surface area contributed by atoms with Crippen LogP contribution in [0.25, 0.3) is 0 Å². The Kier molecular flexibility index (Phi) is 5.38. The Hall–Kier alpha value is -2.64. The van der Waals surface area contributed by atoms with Crippen molar-refractivity contribution in [2.24, 2.45) is 0 Å². The van der Waals surface area contributed by atoms with E-state index in [9.17, 15) is 18.0 Å². The number of benzene rings is 1. The summed E-state index contributed by atoms with van der Waals surface area (Å²) in [4.78, 5) is 22.1. The number of halogens is 3. The molecule has 2 rings (SSSR count). The molecule has 8 heteroatoms. The molecule has 0 fully saturated rings. The van der Waals surface area contributed by atoms with Crippen molar-refractivity contribution in [3.05, 3.63) is 47.9 Å². The van der Waals surface area contributed by atoms with Gasteiger partial charge in [-0.2, -0.15) is 13.2 Å². The van der Waals surface area contributed by atoms with Crippen LogP contribution in [0.1, 0.15) is 29.9 Å². The fourth-order valence-electron chi connectivity index (χ4n) is 2.22. The van der Waals surface area contributed by atoms with Gasteiger partial charge >= 0.3 is 6.18 Å². The van der Waals surface area contributed by atoms with Gasteiger partial charge in [0.15, 0.2) is 0 Å². The monoisotopic (exact) mass is 338 g/mol. The van der Waals surface area contributed by atoms with E-state index in [-0.39, 0.29) is 11.4 Å². The average Bonchev–Trinajstić information content (AvgIpc) is 2.56. The Morgan fingerprint density at radius 3 is 2.46 bits per heavy atom. The minimum Gasteiger partial charge on any atom is -0.357 e. The summed E-state index contributed by atoms with van der Waals surface area (Å²) in [5, 5.41) is 2.27. The SMILES string of the molecule is CCN(CC)c1cc(C(=O)Nc2ccccc2C(F)(F)F)ncn1.